The predicted octanol–water partition coefficient (Wildman–Crippen LogP) is 5.84. The SMILES string of the molecule is O=C(NCc1ccc(C(F)(F)F)cc1)c1nn(-c2ccc(Cl)cc2)c2c1C1CCC2C1. The van der Waals surface area contributed by atoms with E-state index < -0.39 is 11.7 Å². The van der Waals surface area contributed by atoms with Crippen LogP contribution in [0.25, 0.3) is 5.69 Å². The summed E-state index contributed by atoms with van der Waals surface area (Å²) in [5.74, 6) is 0.406. The van der Waals surface area contributed by atoms with E-state index in [1.165, 1.54) is 12.1 Å². The minimum absolute atomic E-state index is 0.133. The quantitative estimate of drug-likeness (QED) is 0.548. The maximum atomic E-state index is 13.0. The van der Waals surface area contributed by atoms with E-state index in [-0.39, 0.29) is 12.5 Å². The van der Waals surface area contributed by atoms with Crippen molar-refractivity contribution in [3.05, 3.63) is 81.6 Å². The summed E-state index contributed by atoms with van der Waals surface area (Å²) in [6.07, 6.45) is -1.22. The lowest BCUT2D eigenvalue weighted by Gasteiger charge is -2.14. The summed E-state index contributed by atoms with van der Waals surface area (Å²) in [7, 11) is 0. The molecule has 2 aliphatic carbocycles. The summed E-state index contributed by atoms with van der Waals surface area (Å²) in [6, 6.07) is 12.1. The van der Waals surface area contributed by atoms with Crippen LogP contribution in [-0.2, 0) is 12.7 Å². The standard InChI is InChI=1S/C23H19ClF3N3O/c24-17-7-9-18(10-8-17)30-21-15-4-3-14(11-15)19(21)20(29-30)22(31)28-12-13-1-5-16(6-2-13)23(25,26)27/h1-2,5-10,14-15H,3-4,11-12H2,(H,28,31). The Balaban J connectivity index is 1.40. The minimum atomic E-state index is -4.38. The third-order valence-electron chi connectivity index (χ3n) is 6.21. The van der Waals surface area contributed by atoms with Crippen LogP contribution in [0.15, 0.2) is 48.5 Å². The van der Waals surface area contributed by atoms with Gasteiger partial charge in [0, 0.05) is 23.0 Å². The molecule has 1 heterocycles. The molecular weight excluding hydrogens is 427 g/mol. The summed E-state index contributed by atoms with van der Waals surface area (Å²) in [5, 5.41) is 8.09. The molecule has 2 aromatic carbocycles. The molecule has 0 saturated heterocycles. The fourth-order valence-corrected chi connectivity index (χ4v) is 4.88. The number of carbonyl (C=O) groups is 1. The van der Waals surface area contributed by atoms with Crippen LogP contribution in [0.2, 0.25) is 5.02 Å². The van der Waals surface area contributed by atoms with Crippen molar-refractivity contribution >= 4 is 17.5 Å². The van der Waals surface area contributed by atoms with E-state index >= 15 is 0 Å². The zero-order chi connectivity index (χ0) is 21.8. The van der Waals surface area contributed by atoms with E-state index in [0.29, 0.717) is 28.1 Å². The first kappa shape index (κ1) is 20.1. The molecule has 2 aliphatic rings. The molecule has 1 saturated carbocycles. The van der Waals surface area contributed by atoms with E-state index in [2.05, 4.69) is 10.4 Å². The molecule has 8 heteroatoms. The van der Waals surface area contributed by atoms with E-state index in [1.807, 2.05) is 16.8 Å². The van der Waals surface area contributed by atoms with Gasteiger partial charge in [-0.1, -0.05) is 23.7 Å². The third kappa shape index (κ3) is 3.61. The van der Waals surface area contributed by atoms with Gasteiger partial charge in [0.25, 0.3) is 5.91 Å². The lowest BCUT2D eigenvalue weighted by atomic mass is 9.95. The Labute approximate surface area is 182 Å². The van der Waals surface area contributed by atoms with E-state index in [9.17, 15) is 18.0 Å². The molecule has 31 heavy (non-hydrogen) atoms. The van der Waals surface area contributed by atoms with Crippen molar-refractivity contribution in [2.75, 3.05) is 0 Å². The second kappa shape index (κ2) is 7.41. The highest BCUT2D eigenvalue weighted by molar-refractivity contribution is 6.30. The van der Waals surface area contributed by atoms with E-state index in [4.69, 9.17) is 11.6 Å². The van der Waals surface area contributed by atoms with Gasteiger partial charge in [-0.25, -0.2) is 4.68 Å². The Hall–Kier alpha value is -2.80. The first-order chi connectivity index (χ1) is 14.8. The van der Waals surface area contributed by atoms with Crippen molar-refractivity contribution in [2.24, 2.45) is 0 Å². The highest BCUT2D eigenvalue weighted by atomic mass is 35.5. The number of rotatable bonds is 4. The molecule has 3 aromatic rings. The Kier molecular flexibility index (Phi) is 4.81. The summed E-state index contributed by atoms with van der Waals surface area (Å²) in [5.41, 5.74) is 3.25. The van der Waals surface area contributed by atoms with Crippen LogP contribution < -0.4 is 5.32 Å². The van der Waals surface area contributed by atoms with Crippen LogP contribution in [0.1, 0.15) is 64.0 Å². The molecule has 0 aliphatic heterocycles. The smallest absolute Gasteiger partial charge is 0.347 e. The fraction of sp³-hybridized carbons (Fsp3) is 0.304. The van der Waals surface area contributed by atoms with Crippen LogP contribution in [0.5, 0.6) is 0 Å². The Morgan fingerprint density at radius 1 is 1.06 bits per heavy atom. The van der Waals surface area contributed by atoms with Crippen molar-refractivity contribution < 1.29 is 18.0 Å². The summed E-state index contributed by atoms with van der Waals surface area (Å²) >= 11 is 6.01. The van der Waals surface area contributed by atoms with Crippen molar-refractivity contribution in [1.82, 2.24) is 15.1 Å². The van der Waals surface area contributed by atoms with Gasteiger partial charge in [-0.3, -0.25) is 4.79 Å². The van der Waals surface area contributed by atoms with E-state index in [1.54, 1.807) is 12.1 Å². The molecule has 2 atom stereocenters. The number of carbonyl (C=O) groups excluding carboxylic acids is 1. The maximum Gasteiger partial charge on any atom is 0.416 e. The normalized spacial score (nSPS) is 19.5. The lowest BCUT2D eigenvalue weighted by molar-refractivity contribution is -0.137. The molecule has 1 aromatic heterocycles. The van der Waals surface area contributed by atoms with Crippen molar-refractivity contribution in [3.8, 4) is 5.69 Å². The van der Waals surface area contributed by atoms with Crippen LogP contribution in [0, 0.1) is 0 Å². The Morgan fingerprint density at radius 2 is 1.74 bits per heavy atom. The van der Waals surface area contributed by atoms with Crippen molar-refractivity contribution in [3.63, 3.8) is 0 Å². The number of fused-ring (bicyclic) bond motifs is 5. The number of halogens is 4. The second-order valence-electron chi connectivity index (χ2n) is 8.12. The number of hydrogen-bond donors (Lipinski definition) is 1. The van der Waals surface area contributed by atoms with Crippen molar-refractivity contribution in [1.29, 1.82) is 0 Å². The largest absolute Gasteiger partial charge is 0.416 e. The van der Waals surface area contributed by atoms with Gasteiger partial charge < -0.3 is 5.32 Å². The molecule has 1 N–H and O–H groups in total. The summed E-state index contributed by atoms with van der Waals surface area (Å²) in [4.78, 5) is 13.0. The minimum Gasteiger partial charge on any atom is -0.347 e. The number of benzene rings is 2. The number of nitrogens with one attached hydrogen (secondary N) is 1. The molecule has 160 valence electrons. The van der Waals surface area contributed by atoms with Gasteiger partial charge in [0.2, 0.25) is 0 Å². The highest BCUT2D eigenvalue weighted by Crippen LogP contribution is 2.54. The third-order valence-corrected chi connectivity index (χ3v) is 6.46. The topological polar surface area (TPSA) is 46.9 Å². The second-order valence-corrected chi connectivity index (χ2v) is 8.56. The van der Waals surface area contributed by atoms with Crippen LogP contribution in [0.3, 0.4) is 0 Å². The predicted molar refractivity (Wildman–Crippen MR) is 111 cm³/mol. The summed E-state index contributed by atoms with van der Waals surface area (Å²) < 4.78 is 40.0. The number of amides is 1. The number of nitrogens with zero attached hydrogens (tertiary/aromatic N) is 2. The number of hydrogen-bond acceptors (Lipinski definition) is 2. The zero-order valence-corrected chi connectivity index (χ0v) is 17.2. The van der Waals surface area contributed by atoms with Gasteiger partial charge in [-0.05, 0) is 67.1 Å². The van der Waals surface area contributed by atoms with Gasteiger partial charge in [0.1, 0.15) is 0 Å². The molecule has 1 fully saturated rings. The molecule has 2 unspecified atom stereocenters. The molecule has 2 bridgehead atoms. The molecule has 4 nitrogen and oxygen atoms in total. The number of aromatic nitrogens is 2. The van der Waals surface area contributed by atoms with Gasteiger partial charge in [0.05, 0.1) is 16.9 Å². The molecule has 5 rings (SSSR count). The van der Waals surface area contributed by atoms with Crippen LogP contribution >= 0.6 is 11.6 Å². The lowest BCUT2D eigenvalue weighted by Crippen LogP contribution is -2.24. The molecule has 1 amide bonds. The monoisotopic (exact) mass is 445 g/mol. The maximum absolute atomic E-state index is 13.0. The van der Waals surface area contributed by atoms with E-state index in [0.717, 1.165) is 48.3 Å². The molecule has 0 spiro atoms. The number of alkyl halides is 3. The summed E-state index contributed by atoms with van der Waals surface area (Å²) in [6.45, 7) is 0.133. The first-order valence-electron chi connectivity index (χ1n) is 10.1. The van der Waals surface area contributed by atoms with Gasteiger partial charge in [-0.15, -0.1) is 0 Å². The zero-order valence-electron chi connectivity index (χ0n) is 16.4. The van der Waals surface area contributed by atoms with Gasteiger partial charge in [-0.2, -0.15) is 18.3 Å². The Bertz CT molecular complexity index is 1140. The van der Waals surface area contributed by atoms with Crippen LogP contribution in [-0.4, -0.2) is 15.7 Å². The highest BCUT2D eigenvalue weighted by Gasteiger charge is 2.44. The average molecular weight is 446 g/mol. The molecule has 0 radical (unpaired) electrons. The van der Waals surface area contributed by atoms with Crippen molar-refractivity contribution in [2.45, 2.75) is 43.8 Å². The van der Waals surface area contributed by atoms with Gasteiger partial charge >= 0.3 is 6.18 Å². The Morgan fingerprint density at radius 3 is 2.42 bits per heavy atom. The van der Waals surface area contributed by atoms with Crippen LogP contribution in [0.4, 0.5) is 13.2 Å². The molecular formula is C23H19ClF3N3O. The van der Waals surface area contributed by atoms with Gasteiger partial charge in [0.15, 0.2) is 5.69 Å². The fourth-order valence-electron chi connectivity index (χ4n) is 4.76. The first-order valence-corrected chi connectivity index (χ1v) is 10.5. The average Bonchev–Trinajstić information content (AvgIpc) is 3.45.